The number of carbonyl (C=O) groups excluding carboxylic acids is 1. The van der Waals surface area contributed by atoms with E-state index in [1.54, 1.807) is 42.4 Å². The highest BCUT2D eigenvalue weighted by Gasteiger charge is 2.26. The second kappa shape index (κ2) is 9.93. The summed E-state index contributed by atoms with van der Waals surface area (Å²) in [6.07, 6.45) is 4.68. The standard InChI is InChI=1S/C22H23ClN2O4S/c1-29-21-9-8-20(23)17-19(21)7-10-22(26)24-12-14-25(15-13-24)30(27,28)16-11-18-5-3-2-4-6-18/h2-11,16-17H,12-15H2,1H3. The first-order valence-electron chi connectivity index (χ1n) is 9.43. The van der Waals surface area contributed by atoms with Gasteiger partial charge in [-0.25, -0.2) is 8.42 Å². The number of piperazine rings is 1. The van der Waals surface area contributed by atoms with Crippen molar-refractivity contribution in [2.45, 2.75) is 0 Å². The van der Waals surface area contributed by atoms with Crippen LogP contribution in [0.1, 0.15) is 11.1 Å². The number of hydrogen-bond donors (Lipinski definition) is 0. The summed E-state index contributed by atoms with van der Waals surface area (Å²) in [7, 11) is -1.98. The van der Waals surface area contributed by atoms with Crippen LogP contribution in [-0.2, 0) is 14.8 Å². The average Bonchev–Trinajstić information content (AvgIpc) is 2.77. The molecule has 1 heterocycles. The molecule has 1 amide bonds. The Morgan fingerprint density at radius 1 is 1.03 bits per heavy atom. The van der Waals surface area contributed by atoms with Crippen LogP contribution in [0.3, 0.4) is 0 Å². The molecule has 3 rings (SSSR count). The first-order chi connectivity index (χ1) is 14.4. The molecule has 6 nitrogen and oxygen atoms in total. The van der Waals surface area contributed by atoms with E-state index in [-0.39, 0.29) is 19.0 Å². The lowest BCUT2D eigenvalue weighted by Crippen LogP contribution is -2.49. The summed E-state index contributed by atoms with van der Waals surface area (Å²) in [5.74, 6) is 0.429. The Morgan fingerprint density at radius 3 is 2.40 bits per heavy atom. The predicted octanol–water partition coefficient (Wildman–Crippen LogP) is 3.51. The minimum Gasteiger partial charge on any atom is -0.496 e. The Balaban J connectivity index is 1.59. The molecular formula is C22H23ClN2O4S. The number of halogens is 1. The van der Waals surface area contributed by atoms with E-state index in [0.717, 1.165) is 5.56 Å². The second-order valence-electron chi connectivity index (χ2n) is 6.70. The molecule has 2 aromatic carbocycles. The van der Waals surface area contributed by atoms with E-state index >= 15 is 0 Å². The van der Waals surface area contributed by atoms with Crippen LogP contribution in [-0.4, -0.2) is 56.8 Å². The summed E-state index contributed by atoms with van der Waals surface area (Å²) in [6, 6.07) is 14.4. The topological polar surface area (TPSA) is 66.9 Å². The van der Waals surface area contributed by atoms with Gasteiger partial charge in [-0.2, -0.15) is 4.31 Å². The normalized spacial score (nSPS) is 15.7. The largest absolute Gasteiger partial charge is 0.496 e. The van der Waals surface area contributed by atoms with E-state index in [2.05, 4.69) is 0 Å². The van der Waals surface area contributed by atoms with E-state index in [1.807, 2.05) is 30.3 Å². The molecule has 30 heavy (non-hydrogen) atoms. The summed E-state index contributed by atoms with van der Waals surface area (Å²) >= 11 is 6.01. The Labute approximate surface area is 182 Å². The maximum absolute atomic E-state index is 12.5. The van der Waals surface area contributed by atoms with E-state index in [1.165, 1.54) is 15.8 Å². The fourth-order valence-electron chi connectivity index (χ4n) is 3.08. The van der Waals surface area contributed by atoms with Crippen LogP contribution >= 0.6 is 11.6 Å². The predicted molar refractivity (Wildman–Crippen MR) is 120 cm³/mol. The summed E-state index contributed by atoms with van der Waals surface area (Å²) in [5, 5.41) is 1.76. The van der Waals surface area contributed by atoms with Gasteiger partial charge in [0.25, 0.3) is 0 Å². The molecule has 1 fully saturated rings. The van der Waals surface area contributed by atoms with Crippen molar-refractivity contribution in [3.8, 4) is 5.75 Å². The van der Waals surface area contributed by atoms with E-state index < -0.39 is 10.0 Å². The van der Waals surface area contributed by atoms with E-state index in [4.69, 9.17) is 16.3 Å². The Kier molecular flexibility index (Phi) is 7.31. The third kappa shape index (κ3) is 5.72. The van der Waals surface area contributed by atoms with Crippen molar-refractivity contribution >= 4 is 39.7 Å². The third-order valence-corrected chi connectivity index (χ3v) is 6.54. The highest BCUT2D eigenvalue weighted by Crippen LogP contribution is 2.24. The van der Waals surface area contributed by atoms with Gasteiger partial charge >= 0.3 is 0 Å². The van der Waals surface area contributed by atoms with Gasteiger partial charge in [-0.05, 0) is 35.9 Å². The van der Waals surface area contributed by atoms with Crippen LogP contribution in [0.4, 0.5) is 0 Å². The molecule has 0 atom stereocenters. The summed E-state index contributed by atoms with van der Waals surface area (Å²) in [4.78, 5) is 14.1. The second-order valence-corrected chi connectivity index (χ2v) is 8.96. The van der Waals surface area contributed by atoms with E-state index in [0.29, 0.717) is 29.4 Å². The quantitative estimate of drug-likeness (QED) is 0.637. The highest BCUT2D eigenvalue weighted by atomic mass is 35.5. The smallest absolute Gasteiger partial charge is 0.246 e. The average molecular weight is 447 g/mol. The third-order valence-electron chi connectivity index (χ3n) is 4.74. The minimum absolute atomic E-state index is 0.186. The molecule has 0 bridgehead atoms. The first-order valence-corrected chi connectivity index (χ1v) is 11.3. The molecule has 1 saturated heterocycles. The molecule has 0 spiro atoms. The van der Waals surface area contributed by atoms with Crippen molar-refractivity contribution in [1.82, 2.24) is 9.21 Å². The molecule has 0 aromatic heterocycles. The molecule has 0 saturated carbocycles. The van der Waals surface area contributed by atoms with Gasteiger partial charge in [0.2, 0.25) is 15.9 Å². The maximum Gasteiger partial charge on any atom is 0.246 e. The van der Waals surface area contributed by atoms with Crippen LogP contribution in [0, 0.1) is 0 Å². The molecule has 0 aliphatic carbocycles. The molecule has 2 aromatic rings. The number of rotatable bonds is 6. The molecular weight excluding hydrogens is 424 g/mol. The summed E-state index contributed by atoms with van der Waals surface area (Å²) in [5.41, 5.74) is 1.52. The zero-order valence-electron chi connectivity index (χ0n) is 16.6. The van der Waals surface area contributed by atoms with Gasteiger partial charge in [0, 0.05) is 48.2 Å². The van der Waals surface area contributed by atoms with Crippen molar-refractivity contribution in [1.29, 1.82) is 0 Å². The minimum atomic E-state index is -3.53. The fraction of sp³-hybridized carbons (Fsp3) is 0.227. The van der Waals surface area contributed by atoms with Gasteiger partial charge in [-0.1, -0.05) is 41.9 Å². The molecule has 1 aliphatic rings. The number of sulfonamides is 1. The molecule has 1 aliphatic heterocycles. The monoisotopic (exact) mass is 446 g/mol. The highest BCUT2D eigenvalue weighted by molar-refractivity contribution is 7.92. The van der Waals surface area contributed by atoms with Crippen molar-refractivity contribution in [3.63, 3.8) is 0 Å². The maximum atomic E-state index is 12.5. The fourth-order valence-corrected chi connectivity index (χ4v) is 4.43. The van der Waals surface area contributed by atoms with Gasteiger partial charge in [0.1, 0.15) is 5.75 Å². The zero-order valence-corrected chi connectivity index (χ0v) is 18.1. The van der Waals surface area contributed by atoms with Gasteiger partial charge in [-0.3, -0.25) is 4.79 Å². The van der Waals surface area contributed by atoms with Crippen LogP contribution in [0.2, 0.25) is 5.02 Å². The molecule has 0 unspecified atom stereocenters. The number of methoxy groups -OCH3 is 1. The Hall–Kier alpha value is -2.61. The van der Waals surface area contributed by atoms with Crippen molar-refractivity contribution < 1.29 is 17.9 Å². The van der Waals surface area contributed by atoms with Gasteiger partial charge in [-0.15, -0.1) is 0 Å². The van der Waals surface area contributed by atoms with Gasteiger partial charge < -0.3 is 9.64 Å². The van der Waals surface area contributed by atoms with Crippen LogP contribution in [0.15, 0.2) is 60.0 Å². The molecule has 158 valence electrons. The van der Waals surface area contributed by atoms with Gasteiger partial charge in [0.05, 0.1) is 7.11 Å². The Morgan fingerprint density at radius 2 is 1.73 bits per heavy atom. The number of nitrogens with zero attached hydrogens (tertiary/aromatic N) is 2. The van der Waals surface area contributed by atoms with Crippen LogP contribution in [0.25, 0.3) is 12.2 Å². The number of ether oxygens (including phenoxy) is 1. The number of amides is 1. The van der Waals surface area contributed by atoms with Crippen molar-refractivity contribution in [3.05, 3.63) is 76.2 Å². The number of benzene rings is 2. The zero-order chi connectivity index (χ0) is 21.6. The lowest BCUT2D eigenvalue weighted by molar-refractivity contribution is -0.127. The van der Waals surface area contributed by atoms with Crippen molar-refractivity contribution in [2.24, 2.45) is 0 Å². The molecule has 0 N–H and O–H groups in total. The summed E-state index contributed by atoms with van der Waals surface area (Å²) in [6.45, 7) is 1.16. The lowest BCUT2D eigenvalue weighted by Gasteiger charge is -2.32. The molecule has 8 heteroatoms. The van der Waals surface area contributed by atoms with Crippen LogP contribution < -0.4 is 4.74 Å². The van der Waals surface area contributed by atoms with Crippen molar-refractivity contribution in [2.75, 3.05) is 33.3 Å². The van der Waals surface area contributed by atoms with Gasteiger partial charge in [0.15, 0.2) is 0 Å². The Bertz CT molecular complexity index is 1040. The molecule has 0 radical (unpaired) electrons. The number of carbonyl (C=O) groups is 1. The summed E-state index contributed by atoms with van der Waals surface area (Å²) < 4.78 is 31.7. The number of hydrogen-bond acceptors (Lipinski definition) is 4. The first kappa shape index (κ1) is 22.1. The lowest BCUT2D eigenvalue weighted by atomic mass is 10.2. The van der Waals surface area contributed by atoms with Crippen LogP contribution in [0.5, 0.6) is 5.75 Å². The van der Waals surface area contributed by atoms with E-state index in [9.17, 15) is 13.2 Å². The SMILES string of the molecule is COc1ccc(Cl)cc1C=CC(=O)N1CCN(S(=O)(=O)C=Cc2ccccc2)CC1.